The van der Waals surface area contributed by atoms with Crippen LogP contribution in [-0.4, -0.2) is 40.9 Å². The third-order valence-electron chi connectivity index (χ3n) is 5.02. The number of hydrogen-bond acceptors (Lipinski definition) is 6. The molecule has 2 aromatic rings. The molecule has 3 rings (SSSR count). The van der Waals surface area contributed by atoms with Crippen LogP contribution < -0.4 is 9.64 Å². The maximum absolute atomic E-state index is 13.6. The molecule has 1 fully saturated rings. The minimum absolute atomic E-state index is 0.345. The minimum atomic E-state index is -1.28. The van der Waals surface area contributed by atoms with Gasteiger partial charge in [-0.1, -0.05) is 6.92 Å². The molecular formula is C20H26FN3O4. The van der Waals surface area contributed by atoms with Gasteiger partial charge in [-0.05, 0) is 55.3 Å². The number of aryl methyl sites for hydroxylation is 1. The fourth-order valence-corrected chi connectivity index (χ4v) is 3.43. The van der Waals surface area contributed by atoms with E-state index in [2.05, 4.69) is 22.0 Å². The van der Waals surface area contributed by atoms with E-state index in [-0.39, 0.29) is 5.56 Å². The van der Waals surface area contributed by atoms with E-state index in [0.29, 0.717) is 30.1 Å². The summed E-state index contributed by atoms with van der Waals surface area (Å²) in [5.74, 6) is 0.311. The number of carboxylic acids is 1. The lowest BCUT2D eigenvalue weighted by atomic mass is 9.92. The SMILES string of the molecule is CCCc1nc(N2CCC(CCCOc3ccc(C(=O)O)c(F)c3)CC2)no1. The summed E-state index contributed by atoms with van der Waals surface area (Å²) in [5.41, 5.74) is -0.345. The monoisotopic (exact) mass is 391 g/mol. The highest BCUT2D eigenvalue weighted by Gasteiger charge is 2.22. The lowest BCUT2D eigenvalue weighted by Gasteiger charge is -2.30. The Bertz CT molecular complexity index is 788. The second-order valence-corrected chi connectivity index (χ2v) is 7.11. The van der Waals surface area contributed by atoms with E-state index in [0.717, 1.165) is 57.7 Å². The maximum Gasteiger partial charge on any atom is 0.338 e. The Morgan fingerprint density at radius 2 is 2.18 bits per heavy atom. The number of piperidine rings is 1. The van der Waals surface area contributed by atoms with Crippen molar-refractivity contribution in [1.82, 2.24) is 10.1 Å². The molecule has 0 amide bonds. The Morgan fingerprint density at radius 3 is 2.86 bits per heavy atom. The van der Waals surface area contributed by atoms with Crippen molar-refractivity contribution >= 4 is 11.9 Å². The van der Waals surface area contributed by atoms with Crippen LogP contribution in [0.4, 0.5) is 10.3 Å². The van der Waals surface area contributed by atoms with Gasteiger partial charge in [0, 0.05) is 25.6 Å². The van der Waals surface area contributed by atoms with Gasteiger partial charge in [0.15, 0.2) is 0 Å². The zero-order valence-corrected chi connectivity index (χ0v) is 16.1. The number of benzene rings is 1. The summed E-state index contributed by atoms with van der Waals surface area (Å²) in [6.07, 6.45) is 5.85. The smallest absolute Gasteiger partial charge is 0.338 e. The molecule has 0 spiro atoms. The number of nitrogens with zero attached hydrogens (tertiary/aromatic N) is 3. The summed E-state index contributed by atoms with van der Waals surface area (Å²) >= 11 is 0. The second kappa shape index (κ2) is 9.52. The summed E-state index contributed by atoms with van der Waals surface area (Å²) < 4.78 is 24.4. The number of carbonyl (C=O) groups is 1. The Morgan fingerprint density at radius 1 is 1.39 bits per heavy atom. The van der Waals surface area contributed by atoms with E-state index in [1.807, 2.05) is 0 Å². The standard InChI is InChI=1S/C20H26FN3O4/c1-2-4-18-22-20(23-28-18)24-10-8-14(9-11-24)5-3-12-27-15-6-7-16(19(25)26)17(21)13-15/h6-7,13-14H,2-5,8-12H2,1H3,(H,25,26). The molecule has 28 heavy (non-hydrogen) atoms. The van der Waals surface area contributed by atoms with Gasteiger partial charge in [-0.15, -0.1) is 0 Å². The molecule has 1 aromatic heterocycles. The third kappa shape index (κ3) is 5.21. The van der Waals surface area contributed by atoms with Crippen LogP contribution in [0, 0.1) is 11.7 Å². The van der Waals surface area contributed by atoms with Crippen LogP contribution in [0.5, 0.6) is 5.75 Å². The molecule has 1 aliphatic rings. The van der Waals surface area contributed by atoms with Gasteiger partial charge in [-0.2, -0.15) is 4.98 Å². The van der Waals surface area contributed by atoms with Gasteiger partial charge in [-0.25, -0.2) is 9.18 Å². The average molecular weight is 391 g/mol. The molecular weight excluding hydrogens is 365 g/mol. The van der Waals surface area contributed by atoms with Crippen molar-refractivity contribution in [1.29, 1.82) is 0 Å². The molecule has 2 heterocycles. The van der Waals surface area contributed by atoms with Crippen LogP contribution in [0.2, 0.25) is 0 Å². The first kappa shape index (κ1) is 20.1. The Labute approximate surface area is 163 Å². The Hall–Kier alpha value is -2.64. The van der Waals surface area contributed by atoms with Crippen LogP contribution >= 0.6 is 0 Å². The molecule has 0 saturated carbocycles. The Balaban J connectivity index is 1.36. The fraction of sp³-hybridized carbons (Fsp3) is 0.550. The normalized spacial score (nSPS) is 15.0. The molecule has 152 valence electrons. The molecule has 1 aromatic carbocycles. The van der Waals surface area contributed by atoms with E-state index >= 15 is 0 Å². The predicted molar refractivity (Wildman–Crippen MR) is 101 cm³/mol. The summed E-state index contributed by atoms with van der Waals surface area (Å²) in [6, 6.07) is 3.84. The van der Waals surface area contributed by atoms with Gasteiger partial charge in [0.25, 0.3) is 5.95 Å². The minimum Gasteiger partial charge on any atom is -0.493 e. The molecule has 0 bridgehead atoms. The van der Waals surface area contributed by atoms with Crippen LogP contribution in [0.15, 0.2) is 22.7 Å². The van der Waals surface area contributed by atoms with E-state index in [4.69, 9.17) is 14.4 Å². The maximum atomic E-state index is 13.6. The highest BCUT2D eigenvalue weighted by Crippen LogP contribution is 2.25. The number of aromatic nitrogens is 2. The molecule has 1 aliphatic heterocycles. The number of aromatic carboxylic acids is 1. The Kier molecular flexibility index (Phi) is 6.84. The number of rotatable bonds is 9. The quantitative estimate of drug-likeness (QED) is 0.648. The highest BCUT2D eigenvalue weighted by atomic mass is 19.1. The number of anilines is 1. The van der Waals surface area contributed by atoms with Gasteiger partial charge in [0.1, 0.15) is 11.6 Å². The molecule has 7 nitrogen and oxygen atoms in total. The molecule has 0 aliphatic carbocycles. The number of hydrogen-bond donors (Lipinski definition) is 1. The average Bonchev–Trinajstić information content (AvgIpc) is 3.14. The van der Waals surface area contributed by atoms with Gasteiger partial charge >= 0.3 is 5.97 Å². The zero-order valence-electron chi connectivity index (χ0n) is 16.1. The third-order valence-corrected chi connectivity index (χ3v) is 5.02. The van der Waals surface area contributed by atoms with E-state index in [9.17, 15) is 9.18 Å². The number of ether oxygens (including phenoxy) is 1. The lowest BCUT2D eigenvalue weighted by molar-refractivity contribution is 0.0692. The molecule has 0 atom stereocenters. The van der Waals surface area contributed by atoms with Crippen molar-refractivity contribution in [3.05, 3.63) is 35.5 Å². The molecule has 0 radical (unpaired) electrons. The first-order valence-corrected chi connectivity index (χ1v) is 9.80. The first-order valence-electron chi connectivity index (χ1n) is 9.80. The summed E-state index contributed by atoms with van der Waals surface area (Å²) in [4.78, 5) is 17.4. The van der Waals surface area contributed by atoms with Crippen molar-refractivity contribution in [2.24, 2.45) is 5.92 Å². The molecule has 8 heteroatoms. The van der Waals surface area contributed by atoms with E-state index < -0.39 is 11.8 Å². The van der Waals surface area contributed by atoms with Crippen LogP contribution in [0.25, 0.3) is 0 Å². The zero-order chi connectivity index (χ0) is 19.9. The van der Waals surface area contributed by atoms with E-state index in [1.165, 1.54) is 12.1 Å². The van der Waals surface area contributed by atoms with Crippen molar-refractivity contribution in [2.75, 3.05) is 24.6 Å². The summed E-state index contributed by atoms with van der Waals surface area (Å²) in [6.45, 7) is 4.40. The van der Waals surface area contributed by atoms with Crippen LogP contribution in [0.1, 0.15) is 55.3 Å². The van der Waals surface area contributed by atoms with Crippen molar-refractivity contribution in [2.45, 2.75) is 45.4 Å². The topological polar surface area (TPSA) is 88.7 Å². The predicted octanol–water partition coefficient (Wildman–Crippen LogP) is 3.94. The summed E-state index contributed by atoms with van der Waals surface area (Å²) in [5, 5.41) is 12.9. The van der Waals surface area contributed by atoms with E-state index in [1.54, 1.807) is 0 Å². The molecule has 1 saturated heterocycles. The van der Waals surface area contributed by atoms with Crippen molar-refractivity contribution in [3.63, 3.8) is 0 Å². The van der Waals surface area contributed by atoms with Crippen molar-refractivity contribution in [3.8, 4) is 5.75 Å². The fourth-order valence-electron chi connectivity index (χ4n) is 3.43. The van der Waals surface area contributed by atoms with Crippen molar-refractivity contribution < 1.29 is 23.6 Å². The first-order chi connectivity index (χ1) is 13.6. The summed E-state index contributed by atoms with van der Waals surface area (Å²) in [7, 11) is 0. The van der Waals surface area contributed by atoms with Crippen LogP contribution in [-0.2, 0) is 6.42 Å². The number of halogens is 1. The largest absolute Gasteiger partial charge is 0.493 e. The van der Waals surface area contributed by atoms with Gasteiger partial charge in [0.05, 0.1) is 12.2 Å². The van der Waals surface area contributed by atoms with Gasteiger partial charge in [-0.3, -0.25) is 0 Å². The van der Waals surface area contributed by atoms with Crippen LogP contribution in [0.3, 0.4) is 0 Å². The molecule has 0 unspecified atom stereocenters. The van der Waals surface area contributed by atoms with Gasteiger partial charge < -0.3 is 19.3 Å². The van der Waals surface area contributed by atoms with Gasteiger partial charge in [0.2, 0.25) is 5.89 Å². The molecule has 1 N–H and O–H groups in total. The second-order valence-electron chi connectivity index (χ2n) is 7.11. The number of carboxylic acid groups (broad SMARTS) is 1. The lowest BCUT2D eigenvalue weighted by Crippen LogP contribution is -2.34. The highest BCUT2D eigenvalue weighted by molar-refractivity contribution is 5.88.